The molecular weight excluding hydrogens is 292 g/mol. The third-order valence-corrected chi connectivity index (χ3v) is 4.90. The zero-order valence-corrected chi connectivity index (χ0v) is 11.7. The van der Waals surface area contributed by atoms with E-state index in [9.17, 15) is 18.3 Å². The number of nitrogens with one attached hydrogen (secondary N) is 2. The number of pyridine rings is 1. The SMILES string of the molecule is O=c1[nH]cc(S(=O)(=O)NCC2CCC(O)C2)cc1Cl. The quantitative estimate of drug-likeness (QED) is 0.753. The second kappa shape index (κ2) is 5.62. The lowest BCUT2D eigenvalue weighted by atomic mass is 10.1. The summed E-state index contributed by atoms with van der Waals surface area (Å²) in [7, 11) is -3.69. The lowest BCUT2D eigenvalue weighted by Crippen LogP contribution is -2.29. The van der Waals surface area contributed by atoms with Crippen molar-refractivity contribution in [1.82, 2.24) is 9.71 Å². The van der Waals surface area contributed by atoms with E-state index in [1.54, 1.807) is 0 Å². The van der Waals surface area contributed by atoms with Crippen molar-refractivity contribution in [1.29, 1.82) is 0 Å². The van der Waals surface area contributed by atoms with Crippen LogP contribution in [-0.2, 0) is 10.0 Å². The number of aliphatic hydroxyl groups excluding tert-OH is 1. The molecule has 3 N–H and O–H groups in total. The van der Waals surface area contributed by atoms with Crippen LogP contribution in [-0.4, -0.2) is 31.2 Å². The maximum atomic E-state index is 12.0. The van der Waals surface area contributed by atoms with Crippen LogP contribution in [0.1, 0.15) is 19.3 Å². The number of aliphatic hydroxyl groups is 1. The van der Waals surface area contributed by atoms with Crippen molar-refractivity contribution < 1.29 is 13.5 Å². The molecule has 1 saturated carbocycles. The third kappa shape index (κ3) is 3.56. The molecule has 0 bridgehead atoms. The number of hydrogen-bond acceptors (Lipinski definition) is 4. The van der Waals surface area contributed by atoms with Gasteiger partial charge in [0.25, 0.3) is 5.56 Å². The molecule has 2 atom stereocenters. The predicted molar refractivity (Wildman–Crippen MR) is 70.6 cm³/mol. The second-order valence-corrected chi connectivity index (χ2v) is 6.87. The molecule has 8 heteroatoms. The van der Waals surface area contributed by atoms with E-state index < -0.39 is 15.6 Å². The van der Waals surface area contributed by atoms with Gasteiger partial charge in [-0.05, 0) is 31.2 Å². The summed E-state index contributed by atoms with van der Waals surface area (Å²) in [5, 5.41) is 9.21. The Bertz CT molecular complexity index is 613. The van der Waals surface area contributed by atoms with Crippen molar-refractivity contribution >= 4 is 21.6 Å². The smallest absolute Gasteiger partial charge is 0.266 e. The van der Waals surface area contributed by atoms with Gasteiger partial charge < -0.3 is 10.1 Å². The summed E-state index contributed by atoms with van der Waals surface area (Å²) in [4.78, 5) is 13.3. The van der Waals surface area contributed by atoms with Crippen LogP contribution in [0.4, 0.5) is 0 Å². The Morgan fingerprint density at radius 1 is 1.47 bits per heavy atom. The number of halogens is 1. The zero-order chi connectivity index (χ0) is 14.0. The second-order valence-electron chi connectivity index (χ2n) is 4.70. The van der Waals surface area contributed by atoms with Gasteiger partial charge in [-0.2, -0.15) is 0 Å². The van der Waals surface area contributed by atoms with Crippen LogP contribution in [0.5, 0.6) is 0 Å². The number of hydrogen-bond donors (Lipinski definition) is 3. The Hall–Kier alpha value is -0.890. The summed E-state index contributed by atoms with van der Waals surface area (Å²) >= 11 is 5.60. The number of sulfonamides is 1. The van der Waals surface area contributed by atoms with Crippen LogP contribution in [0.15, 0.2) is 22.0 Å². The van der Waals surface area contributed by atoms with Gasteiger partial charge in [0.2, 0.25) is 10.0 Å². The minimum atomic E-state index is -3.69. The summed E-state index contributed by atoms with van der Waals surface area (Å²) in [6.45, 7) is 0.274. The fourth-order valence-corrected chi connectivity index (χ4v) is 3.48. The molecule has 1 fully saturated rings. The standard InChI is InChI=1S/C11H15ClN2O4S/c12-10-4-9(6-13-11(10)16)19(17,18)14-5-7-1-2-8(15)3-7/h4,6-8,14-15H,1-3,5H2,(H,13,16). The van der Waals surface area contributed by atoms with Crippen molar-refractivity contribution in [3.8, 4) is 0 Å². The molecule has 19 heavy (non-hydrogen) atoms. The molecule has 6 nitrogen and oxygen atoms in total. The predicted octanol–water partition coefficient (Wildman–Crippen LogP) is 0.468. The number of H-pyrrole nitrogens is 1. The van der Waals surface area contributed by atoms with Crippen LogP contribution in [0.3, 0.4) is 0 Å². The molecule has 1 aliphatic carbocycles. The molecule has 0 aliphatic heterocycles. The van der Waals surface area contributed by atoms with E-state index in [1.807, 2.05) is 0 Å². The average molecular weight is 307 g/mol. The van der Waals surface area contributed by atoms with Gasteiger partial charge in [-0.25, -0.2) is 13.1 Å². The Morgan fingerprint density at radius 2 is 2.21 bits per heavy atom. The van der Waals surface area contributed by atoms with E-state index in [1.165, 1.54) is 0 Å². The zero-order valence-electron chi connectivity index (χ0n) is 10.1. The topological polar surface area (TPSA) is 99.3 Å². The molecule has 2 unspecified atom stereocenters. The highest BCUT2D eigenvalue weighted by Gasteiger charge is 2.25. The summed E-state index contributed by atoms with van der Waals surface area (Å²) in [5.74, 6) is 0.142. The molecule has 1 aromatic rings. The molecule has 106 valence electrons. The summed E-state index contributed by atoms with van der Waals surface area (Å²) in [5.41, 5.74) is -0.528. The summed E-state index contributed by atoms with van der Waals surface area (Å²) in [6, 6.07) is 1.12. The normalized spacial score (nSPS) is 23.7. The first-order valence-electron chi connectivity index (χ1n) is 5.94. The fourth-order valence-electron chi connectivity index (χ4n) is 2.14. The molecule has 0 saturated heterocycles. The number of aromatic nitrogens is 1. The number of aromatic amines is 1. The molecule has 1 aromatic heterocycles. The highest BCUT2D eigenvalue weighted by molar-refractivity contribution is 7.89. The van der Waals surface area contributed by atoms with E-state index in [2.05, 4.69) is 9.71 Å². The number of rotatable bonds is 4. The first-order chi connectivity index (χ1) is 8.88. The van der Waals surface area contributed by atoms with Gasteiger partial charge in [0, 0.05) is 12.7 Å². The molecular formula is C11H15ClN2O4S. The largest absolute Gasteiger partial charge is 0.393 e. The van der Waals surface area contributed by atoms with Crippen molar-refractivity contribution in [2.24, 2.45) is 5.92 Å². The van der Waals surface area contributed by atoms with Crippen LogP contribution in [0.2, 0.25) is 5.02 Å². The van der Waals surface area contributed by atoms with E-state index in [0.717, 1.165) is 18.7 Å². The maximum absolute atomic E-state index is 12.0. The fraction of sp³-hybridized carbons (Fsp3) is 0.545. The van der Waals surface area contributed by atoms with Crippen molar-refractivity contribution in [3.05, 3.63) is 27.6 Å². The first-order valence-corrected chi connectivity index (χ1v) is 7.80. The van der Waals surface area contributed by atoms with Crippen LogP contribution in [0, 0.1) is 5.92 Å². The van der Waals surface area contributed by atoms with E-state index in [-0.39, 0.29) is 28.5 Å². The van der Waals surface area contributed by atoms with Crippen molar-refractivity contribution in [3.63, 3.8) is 0 Å². The summed E-state index contributed by atoms with van der Waals surface area (Å²) in [6.07, 6.45) is 2.89. The van der Waals surface area contributed by atoms with Gasteiger partial charge in [-0.1, -0.05) is 11.6 Å². The average Bonchev–Trinajstić information content (AvgIpc) is 2.76. The maximum Gasteiger partial charge on any atom is 0.266 e. The van der Waals surface area contributed by atoms with Crippen LogP contribution < -0.4 is 10.3 Å². The molecule has 0 aromatic carbocycles. The molecule has 0 spiro atoms. The van der Waals surface area contributed by atoms with Crippen molar-refractivity contribution in [2.75, 3.05) is 6.54 Å². The highest BCUT2D eigenvalue weighted by atomic mass is 35.5. The van der Waals surface area contributed by atoms with Crippen LogP contribution in [0.25, 0.3) is 0 Å². The van der Waals surface area contributed by atoms with E-state index >= 15 is 0 Å². The Labute approximate surface area is 115 Å². The van der Waals surface area contributed by atoms with Crippen LogP contribution >= 0.6 is 11.6 Å². The lowest BCUT2D eigenvalue weighted by Gasteiger charge is -2.11. The monoisotopic (exact) mass is 306 g/mol. The third-order valence-electron chi connectivity index (χ3n) is 3.22. The van der Waals surface area contributed by atoms with Gasteiger partial charge in [-0.15, -0.1) is 0 Å². The van der Waals surface area contributed by atoms with Gasteiger partial charge in [-0.3, -0.25) is 4.79 Å². The molecule has 0 radical (unpaired) electrons. The minimum absolute atomic E-state index is 0.0735. The lowest BCUT2D eigenvalue weighted by molar-refractivity contribution is 0.178. The molecule has 2 rings (SSSR count). The molecule has 1 heterocycles. The Kier molecular flexibility index (Phi) is 4.29. The molecule has 1 aliphatic rings. The van der Waals surface area contributed by atoms with Crippen molar-refractivity contribution in [2.45, 2.75) is 30.3 Å². The summed E-state index contributed by atoms with van der Waals surface area (Å²) < 4.78 is 26.4. The highest BCUT2D eigenvalue weighted by Crippen LogP contribution is 2.25. The first kappa shape index (κ1) is 14.5. The van der Waals surface area contributed by atoms with Gasteiger partial charge >= 0.3 is 0 Å². The Morgan fingerprint density at radius 3 is 2.79 bits per heavy atom. The van der Waals surface area contributed by atoms with Gasteiger partial charge in [0.15, 0.2) is 0 Å². The van der Waals surface area contributed by atoms with E-state index in [0.29, 0.717) is 12.8 Å². The Balaban J connectivity index is 2.05. The minimum Gasteiger partial charge on any atom is -0.393 e. The van der Waals surface area contributed by atoms with Gasteiger partial charge in [0.05, 0.1) is 11.0 Å². The van der Waals surface area contributed by atoms with Gasteiger partial charge in [0.1, 0.15) is 5.02 Å². The van der Waals surface area contributed by atoms with E-state index in [4.69, 9.17) is 11.6 Å². The molecule has 0 amide bonds.